The Morgan fingerprint density at radius 3 is 2.43 bits per heavy atom. The number of rotatable bonds is 5. The summed E-state index contributed by atoms with van der Waals surface area (Å²) in [4.78, 5) is 54.2. The summed E-state index contributed by atoms with van der Waals surface area (Å²) < 4.78 is 19.3. The number of hydrogen-bond acceptors (Lipinski definition) is 9. The third-order valence-electron chi connectivity index (χ3n) is 8.08. The van der Waals surface area contributed by atoms with Gasteiger partial charge < -0.3 is 39.2 Å². The van der Waals surface area contributed by atoms with E-state index in [1.165, 1.54) is 16.5 Å². The predicted molar refractivity (Wildman–Crippen MR) is 168 cm³/mol. The highest BCUT2D eigenvalue weighted by atomic mass is 79.9. The zero-order valence-electron chi connectivity index (χ0n) is 24.1. The average Bonchev–Trinajstić information content (AvgIpc) is 3.82. The number of aromatic amines is 1. The number of urea groups is 1. The second-order valence-corrected chi connectivity index (χ2v) is 14.8. The minimum atomic E-state index is -0.851. The van der Waals surface area contributed by atoms with Gasteiger partial charge in [-0.15, -0.1) is 22.7 Å². The molecule has 0 spiro atoms. The molecule has 15 heteroatoms. The number of fused-ring (bicyclic) bond motifs is 3. The van der Waals surface area contributed by atoms with Crippen molar-refractivity contribution >= 4 is 66.0 Å². The van der Waals surface area contributed by atoms with Crippen molar-refractivity contribution in [3.8, 4) is 22.1 Å². The van der Waals surface area contributed by atoms with Crippen molar-refractivity contribution in [2.75, 3.05) is 27.1 Å². The number of aromatic nitrogens is 2. The summed E-state index contributed by atoms with van der Waals surface area (Å²) in [5.74, 6) is 1.39. The van der Waals surface area contributed by atoms with Crippen LogP contribution >= 0.6 is 38.6 Å². The molecule has 230 valence electrons. The van der Waals surface area contributed by atoms with E-state index in [0.717, 1.165) is 25.5 Å². The van der Waals surface area contributed by atoms with Crippen LogP contribution in [0.4, 0.5) is 9.59 Å². The van der Waals surface area contributed by atoms with E-state index in [4.69, 9.17) is 14.2 Å². The first-order valence-corrected chi connectivity index (χ1v) is 16.5. The van der Waals surface area contributed by atoms with Crippen molar-refractivity contribution in [3.05, 3.63) is 51.2 Å². The minimum Gasteiger partial charge on any atom is -0.454 e. The third-order valence-corrected chi connectivity index (χ3v) is 10.9. The first kappa shape index (κ1) is 28.9. The number of ether oxygens (including phenoxy) is 3. The lowest BCUT2D eigenvalue weighted by atomic mass is 10.0. The Morgan fingerprint density at radius 1 is 1.07 bits per heavy atom. The summed E-state index contributed by atoms with van der Waals surface area (Å²) in [5.41, 5.74) is 2.85. The molecular formula is C29H29BrN6O6S2. The van der Waals surface area contributed by atoms with Gasteiger partial charge in [0.2, 0.25) is 12.7 Å². The Kier molecular flexibility index (Phi) is 7.41. The molecule has 4 amide bonds. The zero-order valence-corrected chi connectivity index (χ0v) is 27.3. The molecule has 7 rings (SSSR count). The number of halogens is 1. The number of methoxy groups -OCH3 is 1. The van der Waals surface area contributed by atoms with Gasteiger partial charge in [0.25, 0.3) is 0 Å². The number of hydrogen-bond donors (Lipinski definition) is 2. The van der Waals surface area contributed by atoms with Gasteiger partial charge in [0.15, 0.2) is 11.5 Å². The topological polar surface area (TPSA) is 129 Å². The fourth-order valence-corrected chi connectivity index (χ4v) is 8.80. The van der Waals surface area contributed by atoms with E-state index in [0.29, 0.717) is 30.4 Å². The normalized spacial score (nSPS) is 17.9. The van der Waals surface area contributed by atoms with Crippen LogP contribution in [0.15, 0.2) is 34.2 Å². The first-order chi connectivity index (χ1) is 21.2. The summed E-state index contributed by atoms with van der Waals surface area (Å²) in [5, 5.41) is 2.67. The molecule has 2 atom stereocenters. The molecule has 1 saturated heterocycles. The summed E-state index contributed by atoms with van der Waals surface area (Å²) >= 11 is 6.86. The Morgan fingerprint density at radius 2 is 1.77 bits per heavy atom. The lowest BCUT2D eigenvalue weighted by molar-refractivity contribution is -0.135. The number of alkyl carbamates (subject to hydrolysis) is 1. The van der Waals surface area contributed by atoms with Gasteiger partial charge in [0, 0.05) is 22.5 Å². The Hall–Kier alpha value is -3.82. The van der Waals surface area contributed by atoms with E-state index in [2.05, 4.69) is 43.3 Å². The highest BCUT2D eigenvalue weighted by Crippen LogP contribution is 2.41. The quantitative estimate of drug-likeness (QED) is 0.281. The number of nitrogens with zero attached hydrogens (tertiary/aromatic N) is 4. The lowest BCUT2D eigenvalue weighted by Gasteiger charge is -2.29. The van der Waals surface area contributed by atoms with Gasteiger partial charge in [-0.05, 0) is 57.2 Å². The standard InChI is InChI=1S/C29H29BrN6O6S2/c1-14(2)25(33-28(38)40-3)27(37)36-12-35(29(39)34-9-15-4-19-20(42-13-41-19)5-16(15)10-34)11-18(36)26-31-8-17(32-26)21-6-22-23(43-21)7-24(30)44-22/h4-8,14,18,25H,9-13H2,1-3H3,(H,31,32)(H,33,38)/t18-,25?/m0/s1. The number of thiophene rings is 2. The number of amides is 4. The van der Waals surface area contributed by atoms with Crippen LogP contribution in [-0.4, -0.2) is 75.9 Å². The third kappa shape index (κ3) is 5.16. The van der Waals surface area contributed by atoms with Crippen molar-refractivity contribution in [1.82, 2.24) is 30.0 Å². The molecular weight excluding hydrogens is 672 g/mol. The van der Waals surface area contributed by atoms with Gasteiger partial charge in [-0.1, -0.05) is 13.8 Å². The summed E-state index contributed by atoms with van der Waals surface area (Å²) in [6.07, 6.45) is 1.07. The maximum atomic E-state index is 14.0. The smallest absolute Gasteiger partial charge is 0.407 e. The van der Waals surface area contributed by atoms with Crippen LogP contribution in [0.1, 0.15) is 36.8 Å². The van der Waals surface area contributed by atoms with Crippen molar-refractivity contribution in [2.24, 2.45) is 5.92 Å². The maximum Gasteiger partial charge on any atom is 0.407 e. The molecule has 1 aromatic carbocycles. The second-order valence-electron chi connectivity index (χ2n) is 11.2. The Bertz CT molecular complexity index is 1720. The Labute approximate surface area is 269 Å². The Balaban J connectivity index is 1.16. The van der Waals surface area contributed by atoms with E-state index >= 15 is 0 Å². The molecule has 3 aliphatic heterocycles. The summed E-state index contributed by atoms with van der Waals surface area (Å²) in [6.45, 7) is 5.03. The molecule has 0 radical (unpaired) electrons. The number of H-pyrrole nitrogens is 1. The van der Waals surface area contributed by atoms with Crippen LogP contribution < -0.4 is 14.8 Å². The van der Waals surface area contributed by atoms with Gasteiger partial charge in [-0.3, -0.25) is 4.79 Å². The fraction of sp³-hybridized carbons (Fsp3) is 0.379. The summed E-state index contributed by atoms with van der Waals surface area (Å²) in [7, 11) is 1.26. The molecule has 6 heterocycles. The molecule has 2 N–H and O–H groups in total. The molecule has 44 heavy (non-hydrogen) atoms. The van der Waals surface area contributed by atoms with Crippen LogP contribution in [0, 0.1) is 5.92 Å². The SMILES string of the molecule is COC(=O)NC(C(=O)N1CN(C(=O)N2Cc3cc4c(cc3C2)OCO4)C[C@H]1c1ncc(-c2cc3sc(Br)cc3s2)[nH]1)C(C)C. The van der Waals surface area contributed by atoms with Crippen LogP contribution in [0.3, 0.4) is 0 Å². The van der Waals surface area contributed by atoms with E-state index < -0.39 is 18.2 Å². The highest BCUT2D eigenvalue weighted by molar-refractivity contribution is 9.11. The van der Waals surface area contributed by atoms with Gasteiger partial charge >= 0.3 is 12.1 Å². The number of benzene rings is 1. The maximum absolute atomic E-state index is 14.0. The molecule has 1 fully saturated rings. The molecule has 0 aliphatic carbocycles. The molecule has 0 bridgehead atoms. The average molecular weight is 702 g/mol. The van der Waals surface area contributed by atoms with Crippen LogP contribution in [0.5, 0.6) is 11.5 Å². The first-order valence-electron chi connectivity index (χ1n) is 14.0. The van der Waals surface area contributed by atoms with Crippen molar-refractivity contribution in [1.29, 1.82) is 0 Å². The molecule has 1 unspecified atom stereocenters. The van der Waals surface area contributed by atoms with E-state index in [1.807, 2.05) is 26.0 Å². The monoisotopic (exact) mass is 700 g/mol. The van der Waals surface area contributed by atoms with Gasteiger partial charge in [-0.25, -0.2) is 14.6 Å². The van der Waals surface area contributed by atoms with Crippen molar-refractivity contribution in [2.45, 2.75) is 39.0 Å². The van der Waals surface area contributed by atoms with Crippen LogP contribution in [0.25, 0.3) is 20.0 Å². The highest BCUT2D eigenvalue weighted by Gasteiger charge is 2.44. The largest absolute Gasteiger partial charge is 0.454 e. The number of nitrogens with one attached hydrogen (secondary N) is 2. The van der Waals surface area contributed by atoms with Gasteiger partial charge in [0.1, 0.15) is 17.9 Å². The number of carbonyl (C=O) groups excluding carboxylic acids is 3. The lowest BCUT2D eigenvalue weighted by Crippen LogP contribution is -2.52. The number of imidazole rings is 1. The molecule has 12 nitrogen and oxygen atoms in total. The fourth-order valence-electron chi connectivity index (χ4n) is 5.81. The second kappa shape index (κ2) is 11.3. The van der Waals surface area contributed by atoms with E-state index in [9.17, 15) is 14.4 Å². The number of carbonyl (C=O) groups is 3. The van der Waals surface area contributed by atoms with Crippen molar-refractivity contribution in [3.63, 3.8) is 0 Å². The van der Waals surface area contributed by atoms with Crippen LogP contribution in [0.2, 0.25) is 0 Å². The van der Waals surface area contributed by atoms with Gasteiger partial charge in [-0.2, -0.15) is 0 Å². The molecule has 3 aliphatic rings. The predicted octanol–water partition coefficient (Wildman–Crippen LogP) is 5.50. The summed E-state index contributed by atoms with van der Waals surface area (Å²) in [6, 6.07) is 6.47. The molecule has 4 aromatic rings. The van der Waals surface area contributed by atoms with E-state index in [1.54, 1.807) is 43.6 Å². The molecule has 0 saturated carbocycles. The van der Waals surface area contributed by atoms with Crippen molar-refractivity contribution < 1.29 is 28.6 Å². The van der Waals surface area contributed by atoms with Gasteiger partial charge in [0.05, 0.1) is 40.9 Å². The van der Waals surface area contributed by atoms with Crippen LogP contribution in [-0.2, 0) is 22.6 Å². The van der Waals surface area contributed by atoms with E-state index in [-0.39, 0.29) is 37.9 Å². The molecule has 3 aromatic heterocycles. The minimum absolute atomic E-state index is 0.0444. The zero-order chi connectivity index (χ0) is 30.7.